The first-order chi connectivity index (χ1) is 25.7. The molecule has 0 N–H and O–H groups in total. The van der Waals surface area contributed by atoms with Gasteiger partial charge in [-0.25, -0.2) is 15.0 Å². The Morgan fingerprint density at radius 2 is 1.06 bits per heavy atom. The average molecular weight is 682 g/mol. The first-order valence-corrected chi connectivity index (χ1v) is 17.9. The van der Waals surface area contributed by atoms with Crippen LogP contribution in [0.25, 0.3) is 93.0 Å². The molecule has 10 aromatic rings. The molecule has 0 bridgehead atoms. The molecule has 242 valence electrons. The predicted octanol–water partition coefficient (Wildman–Crippen LogP) is 11.9. The second-order valence-corrected chi connectivity index (χ2v) is 13.8. The summed E-state index contributed by atoms with van der Waals surface area (Å²) in [5.41, 5.74) is 8.61. The molecule has 0 saturated heterocycles. The van der Waals surface area contributed by atoms with Crippen molar-refractivity contribution >= 4 is 53.3 Å². The van der Waals surface area contributed by atoms with Crippen molar-refractivity contribution in [2.45, 2.75) is 0 Å². The minimum Gasteiger partial charge on any atom is -0.309 e. The van der Waals surface area contributed by atoms with Crippen LogP contribution in [0.2, 0.25) is 0 Å². The summed E-state index contributed by atoms with van der Waals surface area (Å²) in [6, 6.07) is 58.5. The number of fused-ring (bicyclic) bond motifs is 7. The van der Waals surface area contributed by atoms with Gasteiger partial charge in [0.15, 0.2) is 17.5 Å². The van der Waals surface area contributed by atoms with Crippen molar-refractivity contribution in [1.29, 1.82) is 5.26 Å². The van der Waals surface area contributed by atoms with Crippen molar-refractivity contribution < 1.29 is 0 Å². The van der Waals surface area contributed by atoms with Crippen molar-refractivity contribution in [3.05, 3.63) is 169 Å². The maximum atomic E-state index is 9.64. The minimum atomic E-state index is 0.586. The van der Waals surface area contributed by atoms with Crippen LogP contribution in [0, 0.1) is 11.3 Å². The first-order valence-electron chi connectivity index (χ1n) is 17.1. The van der Waals surface area contributed by atoms with Crippen molar-refractivity contribution in [2.24, 2.45) is 0 Å². The van der Waals surface area contributed by atoms with Crippen LogP contribution >= 0.6 is 11.3 Å². The number of nitrogens with zero attached hydrogens (tertiary/aromatic N) is 5. The van der Waals surface area contributed by atoms with Crippen LogP contribution in [-0.4, -0.2) is 19.5 Å². The molecule has 7 aromatic carbocycles. The summed E-state index contributed by atoms with van der Waals surface area (Å²) in [5.74, 6) is 1.81. The van der Waals surface area contributed by atoms with Crippen LogP contribution in [-0.2, 0) is 0 Å². The monoisotopic (exact) mass is 681 g/mol. The van der Waals surface area contributed by atoms with Crippen molar-refractivity contribution in [2.75, 3.05) is 0 Å². The summed E-state index contributed by atoms with van der Waals surface area (Å²) in [6.45, 7) is 0. The number of aromatic nitrogens is 4. The molecule has 6 heteroatoms. The third-order valence-corrected chi connectivity index (χ3v) is 10.8. The highest BCUT2D eigenvalue weighted by atomic mass is 32.1. The zero-order valence-electron chi connectivity index (χ0n) is 27.7. The zero-order valence-corrected chi connectivity index (χ0v) is 28.5. The minimum absolute atomic E-state index is 0.586. The summed E-state index contributed by atoms with van der Waals surface area (Å²) >= 11 is 1.84. The SMILES string of the molecule is N#Cc1ccc(-c2cc(-c3nc(-c4ccccc4)nc(-c4ccccc4)n3)ccc2-n2c3ccccc3c3c4c(ccc32)sc2ccccc24)cc1. The lowest BCUT2D eigenvalue weighted by atomic mass is 9.99. The zero-order chi connectivity index (χ0) is 34.6. The largest absolute Gasteiger partial charge is 0.309 e. The Hall–Kier alpha value is -6.94. The van der Waals surface area contributed by atoms with Crippen molar-refractivity contribution in [3.8, 4) is 57.0 Å². The molecule has 0 amide bonds. The van der Waals surface area contributed by atoms with E-state index in [9.17, 15) is 5.26 Å². The predicted molar refractivity (Wildman–Crippen MR) is 214 cm³/mol. The van der Waals surface area contributed by atoms with Gasteiger partial charge in [-0.2, -0.15) is 5.26 Å². The fourth-order valence-corrected chi connectivity index (χ4v) is 8.41. The summed E-state index contributed by atoms with van der Waals surface area (Å²) in [5, 5.41) is 14.7. The molecule has 3 aromatic heterocycles. The van der Waals surface area contributed by atoms with Gasteiger partial charge >= 0.3 is 0 Å². The molecule has 0 aliphatic rings. The first kappa shape index (κ1) is 29.9. The van der Waals surface area contributed by atoms with E-state index >= 15 is 0 Å². The molecule has 5 nitrogen and oxygen atoms in total. The second kappa shape index (κ2) is 12.1. The fourth-order valence-electron chi connectivity index (χ4n) is 7.30. The van der Waals surface area contributed by atoms with Crippen LogP contribution < -0.4 is 0 Å². The number of rotatable bonds is 5. The van der Waals surface area contributed by atoms with E-state index in [1.807, 2.05) is 96.3 Å². The van der Waals surface area contributed by atoms with Crippen LogP contribution in [0.1, 0.15) is 5.56 Å². The highest BCUT2D eigenvalue weighted by Gasteiger charge is 2.21. The second-order valence-electron chi connectivity index (χ2n) is 12.7. The Morgan fingerprint density at radius 3 is 1.75 bits per heavy atom. The fraction of sp³-hybridized carbons (Fsp3) is 0. The summed E-state index contributed by atoms with van der Waals surface area (Å²) in [4.78, 5) is 15.0. The van der Waals surface area contributed by atoms with Crippen molar-refractivity contribution in [3.63, 3.8) is 0 Å². The number of benzene rings is 7. The lowest BCUT2D eigenvalue weighted by Gasteiger charge is -2.16. The highest BCUT2D eigenvalue weighted by Crippen LogP contribution is 2.44. The molecule has 0 spiro atoms. The molecule has 0 saturated carbocycles. The number of para-hydroxylation sites is 1. The van der Waals surface area contributed by atoms with Gasteiger partial charge in [-0.1, -0.05) is 109 Å². The smallest absolute Gasteiger partial charge is 0.164 e. The van der Waals surface area contributed by atoms with Gasteiger partial charge < -0.3 is 4.57 Å². The quantitative estimate of drug-likeness (QED) is 0.181. The summed E-state index contributed by atoms with van der Waals surface area (Å²) in [7, 11) is 0. The van der Waals surface area contributed by atoms with Gasteiger partial charge in [0.2, 0.25) is 0 Å². The normalized spacial score (nSPS) is 11.4. The Balaban J connectivity index is 1.25. The molecular formula is C46H27N5S. The van der Waals surface area contributed by atoms with Crippen LogP contribution in [0.4, 0.5) is 0 Å². The van der Waals surface area contributed by atoms with Crippen molar-refractivity contribution in [1.82, 2.24) is 19.5 Å². The van der Waals surface area contributed by atoms with Gasteiger partial charge in [0.1, 0.15) is 0 Å². The molecule has 0 aliphatic carbocycles. The van der Waals surface area contributed by atoms with E-state index in [1.165, 1.54) is 30.9 Å². The number of hydrogen-bond donors (Lipinski definition) is 0. The lowest BCUT2D eigenvalue weighted by molar-refractivity contribution is 1.07. The number of nitriles is 1. The van der Waals surface area contributed by atoms with Crippen LogP contribution in [0.15, 0.2) is 164 Å². The van der Waals surface area contributed by atoms with Crippen LogP contribution in [0.5, 0.6) is 0 Å². The van der Waals surface area contributed by atoms with E-state index < -0.39 is 0 Å². The van der Waals surface area contributed by atoms with E-state index in [2.05, 4.69) is 89.5 Å². The lowest BCUT2D eigenvalue weighted by Crippen LogP contribution is -2.02. The van der Waals surface area contributed by atoms with E-state index in [4.69, 9.17) is 15.0 Å². The third-order valence-electron chi connectivity index (χ3n) is 9.70. The Kier molecular flexibility index (Phi) is 6.98. The van der Waals surface area contributed by atoms with Gasteiger partial charge in [-0.3, -0.25) is 0 Å². The van der Waals surface area contributed by atoms with Crippen LogP contribution in [0.3, 0.4) is 0 Å². The molecule has 0 radical (unpaired) electrons. The maximum Gasteiger partial charge on any atom is 0.164 e. The molecule has 52 heavy (non-hydrogen) atoms. The van der Waals surface area contributed by atoms with Gasteiger partial charge in [0.05, 0.1) is 28.4 Å². The summed E-state index contributed by atoms with van der Waals surface area (Å²) < 4.78 is 4.94. The van der Waals surface area contributed by atoms with Gasteiger partial charge in [0, 0.05) is 53.2 Å². The molecule has 0 fully saturated rings. The van der Waals surface area contributed by atoms with E-state index in [-0.39, 0.29) is 0 Å². The number of thiophene rings is 1. The highest BCUT2D eigenvalue weighted by molar-refractivity contribution is 7.26. The molecule has 0 unspecified atom stereocenters. The van der Waals surface area contributed by atoms with E-state index in [0.717, 1.165) is 44.5 Å². The molecule has 0 atom stereocenters. The molecule has 10 rings (SSSR count). The number of hydrogen-bond acceptors (Lipinski definition) is 5. The Bertz CT molecular complexity index is 2950. The average Bonchev–Trinajstić information content (AvgIpc) is 3.77. The Labute approximate surface area is 303 Å². The topological polar surface area (TPSA) is 67.4 Å². The third kappa shape index (κ3) is 4.87. The van der Waals surface area contributed by atoms with Gasteiger partial charge in [0.25, 0.3) is 0 Å². The van der Waals surface area contributed by atoms with Gasteiger partial charge in [-0.05, 0) is 60.2 Å². The molecule has 0 aliphatic heterocycles. The van der Waals surface area contributed by atoms with Gasteiger partial charge in [-0.15, -0.1) is 11.3 Å². The standard InChI is InChI=1S/C46H27N5S/c47-28-29-19-21-30(22-20-29)36-27-33(46-49-44(31-11-3-1-4-12-31)48-45(50-46)32-13-5-2-6-14-32)23-24-38(36)51-37-17-9-7-15-34(37)42-39(51)25-26-41-43(42)35-16-8-10-18-40(35)52-41/h1-27H. The summed E-state index contributed by atoms with van der Waals surface area (Å²) in [6.07, 6.45) is 0. The van der Waals surface area contributed by atoms with E-state index in [1.54, 1.807) is 0 Å². The molecule has 3 heterocycles. The Morgan fingerprint density at radius 1 is 0.462 bits per heavy atom. The molecular weight excluding hydrogens is 655 g/mol. The van der Waals surface area contributed by atoms with E-state index in [0.29, 0.717) is 23.0 Å². The maximum absolute atomic E-state index is 9.64.